The number of carbonyl (C=O) groups excluding carboxylic acids is 1. The number of nitrogens with one attached hydrogen (secondary N) is 1. The van der Waals surface area contributed by atoms with Crippen molar-refractivity contribution in [3.05, 3.63) is 53.9 Å². The lowest BCUT2D eigenvalue weighted by molar-refractivity contribution is -0.121. The van der Waals surface area contributed by atoms with E-state index in [4.69, 9.17) is 0 Å². The molecule has 4 rings (SSSR count). The number of fused-ring (bicyclic) bond motifs is 1. The van der Waals surface area contributed by atoms with E-state index in [2.05, 4.69) is 20.2 Å². The number of thiazole rings is 1. The molecule has 3 aromatic rings. The molecule has 0 bridgehead atoms. The summed E-state index contributed by atoms with van der Waals surface area (Å²) >= 11 is 1.08. The lowest BCUT2D eigenvalue weighted by Crippen LogP contribution is -2.40. The highest BCUT2D eigenvalue weighted by Gasteiger charge is 2.26. The van der Waals surface area contributed by atoms with E-state index in [0.717, 1.165) is 48.9 Å². The largest absolute Gasteiger partial charge is 0.302 e. The maximum atomic E-state index is 13.8. The molecular weight excluding hydrogens is 370 g/mol. The minimum Gasteiger partial charge on any atom is -0.302 e. The first-order valence-electron chi connectivity index (χ1n) is 8.76. The zero-order valence-corrected chi connectivity index (χ0v) is 15.3. The summed E-state index contributed by atoms with van der Waals surface area (Å²) in [6.07, 6.45) is 5.26. The number of hydrogen-bond donors (Lipinski definition) is 1. The molecule has 1 fully saturated rings. The number of amides is 1. The molecule has 1 unspecified atom stereocenters. The fourth-order valence-corrected chi connectivity index (χ4v) is 4.29. The molecule has 1 atom stereocenters. The summed E-state index contributed by atoms with van der Waals surface area (Å²) in [5.74, 6) is -1.66. The Morgan fingerprint density at radius 3 is 2.93 bits per heavy atom. The van der Waals surface area contributed by atoms with Crippen molar-refractivity contribution in [1.29, 1.82) is 0 Å². The summed E-state index contributed by atoms with van der Waals surface area (Å²) in [5.41, 5.74) is 1.24. The maximum Gasteiger partial charge on any atom is 0.230 e. The van der Waals surface area contributed by atoms with Gasteiger partial charge >= 0.3 is 0 Å². The van der Waals surface area contributed by atoms with E-state index in [0.29, 0.717) is 16.4 Å². The van der Waals surface area contributed by atoms with Gasteiger partial charge in [0.2, 0.25) is 5.91 Å². The number of pyridine rings is 1. The summed E-state index contributed by atoms with van der Waals surface area (Å²) in [5, 5.41) is 3.07. The van der Waals surface area contributed by atoms with Gasteiger partial charge in [0.15, 0.2) is 10.9 Å². The quantitative estimate of drug-likeness (QED) is 0.738. The average Bonchev–Trinajstić information content (AvgIpc) is 3.05. The molecule has 1 amide bonds. The van der Waals surface area contributed by atoms with Gasteiger partial charge in [-0.15, -0.1) is 0 Å². The molecule has 8 heteroatoms. The highest BCUT2D eigenvalue weighted by molar-refractivity contribution is 7.22. The molecule has 140 valence electrons. The topological polar surface area (TPSA) is 58.1 Å². The normalized spacial score (nSPS) is 17.9. The number of rotatable bonds is 4. The molecule has 1 aliphatic rings. The standard InChI is InChI=1S/C19H18F2N4OS/c20-14-8-15(21)17-16(9-14)27-19(23-17)24-18(26)13-2-1-7-25(11-13)10-12-3-5-22-6-4-12/h3-6,8-9,13H,1-2,7,10-11H2,(H,23,24,26). The molecule has 1 aromatic carbocycles. The van der Waals surface area contributed by atoms with Crippen LogP contribution < -0.4 is 5.32 Å². The molecule has 27 heavy (non-hydrogen) atoms. The molecule has 2 aromatic heterocycles. The number of anilines is 1. The van der Waals surface area contributed by atoms with E-state index in [-0.39, 0.29) is 17.3 Å². The van der Waals surface area contributed by atoms with Gasteiger partial charge in [-0.1, -0.05) is 11.3 Å². The highest BCUT2D eigenvalue weighted by Crippen LogP contribution is 2.29. The van der Waals surface area contributed by atoms with E-state index in [9.17, 15) is 13.6 Å². The van der Waals surface area contributed by atoms with Gasteiger partial charge in [0.05, 0.1) is 10.6 Å². The number of carbonyl (C=O) groups is 1. The van der Waals surface area contributed by atoms with Crippen LogP contribution >= 0.6 is 11.3 Å². The highest BCUT2D eigenvalue weighted by atomic mass is 32.1. The van der Waals surface area contributed by atoms with Gasteiger partial charge in [0.1, 0.15) is 11.3 Å². The fraction of sp³-hybridized carbons (Fsp3) is 0.316. The van der Waals surface area contributed by atoms with Crippen LogP contribution in [-0.2, 0) is 11.3 Å². The van der Waals surface area contributed by atoms with E-state index in [1.807, 2.05) is 12.1 Å². The molecule has 0 spiro atoms. The Morgan fingerprint density at radius 2 is 2.11 bits per heavy atom. The average molecular weight is 388 g/mol. The first kappa shape index (κ1) is 17.9. The molecule has 1 aliphatic heterocycles. The summed E-state index contributed by atoms with van der Waals surface area (Å²) < 4.78 is 27.5. The second kappa shape index (κ2) is 7.66. The Hall–Kier alpha value is -2.45. The smallest absolute Gasteiger partial charge is 0.230 e. The van der Waals surface area contributed by atoms with Gasteiger partial charge in [0.25, 0.3) is 0 Å². The van der Waals surface area contributed by atoms with Crippen molar-refractivity contribution in [3.63, 3.8) is 0 Å². The Labute approximate surface area is 159 Å². The third-order valence-corrected chi connectivity index (χ3v) is 5.59. The first-order chi connectivity index (χ1) is 13.1. The molecule has 1 N–H and O–H groups in total. The van der Waals surface area contributed by atoms with Crippen molar-refractivity contribution in [2.75, 3.05) is 18.4 Å². The van der Waals surface area contributed by atoms with Crippen LogP contribution in [0, 0.1) is 17.6 Å². The van der Waals surface area contributed by atoms with Crippen LogP contribution in [0.1, 0.15) is 18.4 Å². The lowest BCUT2D eigenvalue weighted by Gasteiger charge is -2.31. The number of likely N-dealkylation sites (tertiary alicyclic amines) is 1. The van der Waals surface area contributed by atoms with Crippen LogP contribution in [-0.4, -0.2) is 33.9 Å². The minimum atomic E-state index is -0.719. The SMILES string of the molecule is O=C(Nc1nc2c(F)cc(F)cc2s1)C1CCCN(Cc2ccncc2)C1. The van der Waals surface area contributed by atoms with Gasteiger partial charge in [-0.3, -0.25) is 14.7 Å². The van der Waals surface area contributed by atoms with Crippen LogP contribution in [0.4, 0.5) is 13.9 Å². The summed E-state index contributed by atoms with van der Waals surface area (Å²) in [7, 11) is 0. The molecule has 0 aliphatic carbocycles. The minimum absolute atomic E-state index is 0.0830. The Morgan fingerprint density at radius 1 is 1.30 bits per heavy atom. The Kier molecular flexibility index (Phi) is 5.09. The monoisotopic (exact) mass is 388 g/mol. The van der Waals surface area contributed by atoms with Crippen molar-refractivity contribution >= 4 is 32.6 Å². The lowest BCUT2D eigenvalue weighted by atomic mass is 9.97. The third-order valence-electron chi connectivity index (χ3n) is 4.68. The fourth-order valence-electron chi connectivity index (χ4n) is 3.38. The van der Waals surface area contributed by atoms with Crippen LogP contribution in [0.25, 0.3) is 10.2 Å². The van der Waals surface area contributed by atoms with Gasteiger partial charge in [-0.05, 0) is 43.1 Å². The zero-order chi connectivity index (χ0) is 18.8. The number of piperidine rings is 1. The zero-order valence-electron chi connectivity index (χ0n) is 14.5. The van der Waals surface area contributed by atoms with Crippen molar-refractivity contribution < 1.29 is 13.6 Å². The number of halogens is 2. The van der Waals surface area contributed by atoms with Crippen molar-refractivity contribution in [2.45, 2.75) is 19.4 Å². The first-order valence-corrected chi connectivity index (χ1v) is 9.58. The molecule has 1 saturated heterocycles. The van der Waals surface area contributed by atoms with E-state index in [1.54, 1.807) is 12.4 Å². The summed E-state index contributed by atoms with van der Waals surface area (Å²) in [6.45, 7) is 2.37. The number of nitrogens with zero attached hydrogens (tertiary/aromatic N) is 3. The van der Waals surface area contributed by atoms with Gasteiger partial charge in [-0.25, -0.2) is 13.8 Å². The number of benzene rings is 1. The summed E-state index contributed by atoms with van der Waals surface area (Å²) in [4.78, 5) is 23.0. The molecule has 3 heterocycles. The van der Waals surface area contributed by atoms with Gasteiger partial charge < -0.3 is 5.32 Å². The van der Waals surface area contributed by atoms with Gasteiger partial charge in [0, 0.05) is 31.5 Å². The molecular formula is C19H18F2N4OS. The predicted molar refractivity (Wildman–Crippen MR) is 100 cm³/mol. The van der Waals surface area contributed by atoms with Crippen LogP contribution in [0.5, 0.6) is 0 Å². The second-order valence-corrected chi connectivity index (χ2v) is 7.70. The predicted octanol–water partition coefficient (Wildman–Crippen LogP) is 3.82. The van der Waals surface area contributed by atoms with Crippen LogP contribution in [0.2, 0.25) is 0 Å². The Bertz CT molecular complexity index is 963. The van der Waals surface area contributed by atoms with E-state index < -0.39 is 11.6 Å². The second-order valence-electron chi connectivity index (χ2n) is 6.67. The van der Waals surface area contributed by atoms with Crippen LogP contribution in [0.3, 0.4) is 0 Å². The molecule has 5 nitrogen and oxygen atoms in total. The van der Waals surface area contributed by atoms with Crippen LogP contribution in [0.15, 0.2) is 36.7 Å². The number of aromatic nitrogens is 2. The van der Waals surface area contributed by atoms with Crippen molar-refractivity contribution in [3.8, 4) is 0 Å². The maximum absolute atomic E-state index is 13.8. The van der Waals surface area contributed by atoms with Gasteiger partial charge in [-0.2, -0.15) is 0 Å². The molecule has 0 saturated carbocycles. The van der Waals surface area contributed by atoms with Crippen molar-refractivity contribution in [2.24, 2.45) is 5.92 Å². The number of hydrogen-bond acceptors (Lipinski definition) is 5. The molecule has 0 radical (unpaired) electrons. The van der Waals surface area contributed by atoms with Crippen molar-refractivity contribution in [1.82, 2.24) is 14.9 Å². The third kappa shape index (κ3) is 4.12. The summed E-state index contributed by atoms with van der Waals surface area (Å²) in [6, 6.07) is 5.96. The van der Waals surface area contributed by atoms with E-state index >= 15 is 0 Å². The van der Waals surface area contributed by atoms with E-state index in [1.165, 1.54) is 6.07 Å². The Balaban J connectivity index is 1.42.